The second kappa shape index (κ2) is 5.97. The van der Waals surface area contributed by atoms with Gasteiger partial charge in [0, 0.05) is 9.85 Å². The van der Waals surface area contributed by atoms with E-state index in [9.17, 15) is 13.2 Å². The van der Waals surface area contributed by atoms with Crippen LogP contribution in [0.2, 0.25) is 5.02 Å². The summed E-state index contributed by atoms with van der Waals surface area (Å²) in [5, 5.41) is 0.619. The van der Waals surface area contributed by atoms with Gasteiger partial charge in [0.25, 0.3) is 0 Å². The van der Waals surface area contributed by atoms with Gasteiger partial charge in [0.05, 0.1) is 0 Å². The van der Waals surface area contributed by atoms with E-state index in [1.165, 1.54) is 0 Å². The van der Waals surface area contributed by atoms with Gasteiger partial charge in [-0.1, -0.05) is 39.7 Å². The van der Waals surface area contributed by atoms with E-state index in [-0.39, 0.29) is 4.83 Å². The summed E-state index contributed by atoms with van der Waals surface area (Å²) in [6.07, 6.45) is 0.516. The smallest absolute Gasteiger partial charge is 0.194 e. The third-order valence-corrected chi connectivity index (χ3v) is 3.80. The van der Waals surface area contributed by atoms with E-state index in [0.717, 1.165) is 17.7 Å². The molecule has 100 valence electrons. The fourth-order valence-corrected chi connectivity index (χ4v) is 2.47. The summed E-state index contributed by atoms with van der Waals surface area (Å²) >= 11 is 9.12. The molecule has 0 saturated heterocycles. The number of benzene rings is 2. The minimum atomic E-state index is -1.45. The zero-order chi connectivity index (χ0) is 14.0. The average molecular weight is 350 g/mol. The van der Waals surface area contributed by atoms with Gasteiger partial charge in [-0.15, -0.1) is 0 Å². The fourth-order valence-electron chi connectivity index (χ4n) is 1.70. The Balaban J connectivity index is 2.20. The molecule has 0 spiro atoms. The summed E-state index contributed by atoms with van der Waals surface area (Å²) in [7, 11) is 0. The Bertz CT molecular complexity index is 561. The molecule has 2 rings (SSSR count). The molecule has 0 aliphatic carbocycles. The van der Waals surface area contributed by atoms with Gasteiger partial charge in [0.15, 0.2) is 17.5 Å². The van der Waals surface area contributed by atoms with Crippen LogP contribution in [0.15, 0.2) is 36.4 Å². The van der Waals surface area contributed by atoms with Crippen LogP contribution >= 0.6 is 27.5 Å². The third-order valence-electron chi connectivity index (χ3n) is 2.70. The number of hydrogen-bond donors (Lipinski definition) is 0. The Morgan fingerprint density at radius 2 is 1.53 bits per heavy atom. The third kappa shape index (κ3) is 3.51. The van der Waals surface area contributed by atoms with Crippen LogP contribution in [0.3, 0.4) is 0 Å². The minimum Gasteiger partial charge on any atom is -0.204 e. The van der Waals surface area contributed by atoms with Crippen molar-refractivity contribution >= 4 is 27.5 Å². The van der Waals surface area contributed by atoms with Crippen molar-refractivity contribution in [1.82, 2.24) is 0 Å². The molecule has 1 atom stereocenters. The highest BCUT2D eigenvalue weighted by Gasteiger charge is 2.15. The van der Waals surface area contributed by atoms with Gasteiger partial charge in [0.2, 0.25) is 0 Å². The molecule has 0 amide bonds. The van der Waals surface area contributed by atoms with Gasteiger partial charge in [-0.05, 0) is 41.8 Å². The normalized spacial score (nSPS) is 12.5. The van der Waals surface area contributed by atoms with Gasteiger partial charge in [-0.2, -0.15) is 0 Å². The van der Waals surface area contributed by atoms with Crippen molar-refractivity contribution < 1.29 is 13.2 Å². The number of rotatable bonds is 3. The summed E-state index contributed by atoms with van der Waals surface area (Å²) < 4.78 is 39.1. The maximum atomic E-state index is 13.1. The molecule has 0 radical (unpaired) electrons. The lowest BCUT2D eigenvalue weighted by atomic mass is 10.0. The lowest BCUT2D eigenvalue weighted by molar-refractivity contribution is 0.445. The van der Waals surface area contributed by atoms with E-state index in [0.29, 0.717) is 17.0 Å². The molecule has 2 aromatic carbocycles. The predicted molar refractivity (Wildman–Crippen MR) is 73.1 cm³/mol. The molecule has 0 nitrogen and oxygen atoms in total. The topological polar surface area (TPSA) is 0 Å². The van der Waals surface area contributed by atoms with E-state index >= 15 is 0 Å². The maximum absolute atomic E-state index is 13.1. The first kappa shape index (κ1) is 14.4. The second-order valence-electron chi connectivity index (χ2n) is 4.10. The highest BCUT2D eigenvalue weighted by Crippen LogP contribution is 2.29. The van der Waals surface area contributed by atoms with Gasteiger partial charge < -0.3 is 0 Å². The fraction of sp³-hybridized carbons (Fsp3) is 0.143. The van der Waals surface area contributed by atoms with E-state index in [2.05, 4.69) is 15.9 Å². The molecule has 1 unspecified atom stereocenters. The highest BCUT2D eigenvalue weighted by atomic mass is 79.9. The molecule has 0 aliphatic rings. The molecule has 0 aliphatic heterocycles. The minimum absolute atomic E-state index is 0.307. The Hall–Kier alpha value is -1.00. The second-order valence-corrected chi connectivity index (χ2v) is 5.64. The van der Waals surface area contributed by atoms with E-state index in [1.54, 1.807) is 12.1 Å². The molecular formula is C14H9BrClF3. The average Bonchev–Trinajstić information content (AvgIpc) is 2.38. The van der Waals surface area contributed by atoms with Crippen molar-refractivity contribution in [2.75, 3.05) is 0 Å². The van der Waals surface area contributed by atoms with E-state index in [1.807, 2.05) is 12.1 Å². The molecule has 0 fully saturated rings. The summed E-state index contributed by atoms with van der Waals surface area (Å²) in [6, 6.07) is 9.12. The largest absolute Gasteiger partial charge is 0.204 e. The molecule has 0 N–H and O–H groups in total. The van der Waals surface area contributed by atoms with Crippen molar-refractivity contribution in [2.24, 2.45) is 0 Å². The van der Waals surface area contributed by atoms with Crippen LogP contribution in [-0.2, 0) is 6.42 Å². The first-order valence-electron chi connectivity index (χ1n) is 5.50. The quantitative estimate of drug-likeness (QED) is 0.511. The molecular weight excluding hydrogens is 341 g/mol. The van der Waals surface area contributed by atoms with Crippen LogP contribution in [0, 0.1) is 17.5 Å². The van der Waals surface area contributed by atoms with E-state index in [4.69, 9.17) is 11.6 Å². The SMILES string of the molecule is Fc1cc(C(Br)Cc2ccc(Cl)cc2)cc(F)c1F. The molecule has 19 heavy (non-hydrogen) atoms. The van der Waals surface area contributed by atoms with Crippen molar-refractivity contribution in [3.05, 3.63) is 70.0 Å². The first-order valence-corrected chi connectivity index (χ1v) is 6.79. The highest BCUT2D eigenvalue weighted by molar-refractivity contribution is 9.09. The Morgan fingerprint density at radius 1 is 1.00 bits per heavy atom. The molecule has 0 saturated carbocycles. The summed E-state index contributed by atoms with van der Waals surface area (Å²) in [5.74, 6) is -3.82. The van der Waals surface area contributed by atoms with Crippen molar-refractivity contribution in [1.29, 1.82) is 0 Å². The zero-order valence-corrected chi connectivity index (χ0v) is 12.0. The van der Waals surface area contributed by atoms with Gasteiger partial charge in [-0.3, -0.25) is 0 Å². The maximum Gasteiger partial charge on any atom is 0.194 e. The van der Waals surface area contributed by atoms with Crippen LogP contribution < -0.4 is 0 Å². The first-order chi connectivity index (χ1) is 8.97. The molecule has 0 heterocycles. The molecule has 0 aromatic heterocycles. The molecule has 0 bridgehead atoms. The van der Waals surface area contributed by atoms with Crippen LogP contribution in [0.4, 0.5) is 13.2 Å². The molecule has 2 aromatic rings. The zero-order valence-electron chi connectivity index (χ0n) is 9.64. The van der Waals surface area contributed by atoms with Crippen LogP contribution in [0.1, 0.15) is 16.0 Å². The van der Waals surface area contributed by atoms with Crippen molar-refractivity contribution in [3.8, 4) is 0 Å². The standard InChI is InChI=1S/C14H9BrClF3/c15-11(5-8-1-3-10(16)4-2-8)9-6-12(17)14(19)13(18)7-9/h1-4,6-7,11H,5H2. The lowest BCUT2D eigenvalue weighted by Gasteiger charge is -2.11. The monoisotopic (exact) mass is 348 g/mol. The predicted octanol–water partition coefficient (Wildman–Crippen LogP) is 5.44. The summed E-state index contributed by atoms with van der Waals surface area (Å²) in [6.45, 7) is 0. The Labute approximate surface area is 122 Å². The summed E-state index contributed by atoms with van der Waals surface area (Å²) in [5.41, 5.74) is 1.31. The van der Waals surface area contributed by atoms with E-state index < -0.39 is 17.5 Å². The number of alkyl halides is 1. The Kier molecular flexibility index (Phi) is 4.53. The Morgan fingerprint density at radius 3 is 2.05 bits per heavy atom. The van der Waals surface area contributed by atoms with Crippen LogP contribution in [-0.4, -0.2) is 0 Å². The van der Waals surface area contributed by atoms with Crippen LogP contribution in [0.25, 0.3) is 0 Å². The van der Waals surface area contributed by atoms with Gasteiger partial charge in [-0.25, -0.2) is 13.2 Å². The molecule has 5 heteroatoms. The van der Waals surface area contributed by atoms with Gasteiger partial charge >= 0.3 is 0 Å². The van der Waals surface area contributed by atoms with Crippen molar-refractivity contribution in [2.45, 2.75) is 11.2 Å². The van der Waals surface area contributed by atoms with Gasteiger partial charge in [0.1, 0.15) is 0 Å². The lowest BCUT2D eigenvalue weighted by Crippen LogP contribution is -2.00. The number of hydrogen-bond acceptors (Lipinski definition) is 0. The summed E-state index contributed by atoms with van der Waals surface area (Å²) in [4.78, 5) is -0.307. The van der Waals surface area contributed by atoms with Crippen molar-refractivity contribution in [3.63, 3.8) is 0 Å². The van der Waals surface area contributed by atoms with Crippen LogP contribution in [0.5, 0.6) is 0 Å². The number of halogens is 5.